The monoisotopic (exact) mass is 310 g/mol. The summed E-state index contributed by atoms with van der Waals surface area (Å²) in [5.41, 5.74) is 2.82. The highest BCUT2D eigenvalue weighted by Crippen LogP contribution is 2.29. The molecule has 2 aromatic heterocycles. The van der Waals surface area contributed by atoms with Crippen LogP contribution in [0, 0.1) is 0 Å². The molecule has 0 atom stereocenters. The molecule has 22 heavy (non-hydrogen) atoms. The fourth-order valence-corrected chi connectivity index (χ4v) is 3.35. The van der Waals surface area contributed by atoms with E-state index in [0.29, 0.717) is 6.42 Å². The smallest absolute Gasteiger partial charge is 0.308 e. The Bertz CT molecular complexity index is 770. The predicted octanol–water partition coefficient (Wildman–Crippen LogP) is 3.42. The summed E-state index contributed by atoms with van der Waals surface area (Å²) in [6, 6.07) is 13.8. The summed E-state index contributed by atoms with van der Waals surface area (Å²) in [6.45, 7) is 0. The SMILES string of the molecule is O=C(O)Cc1sc(Cc2ccccc2)nc1-c1ccncc1. The van der Waals surface area contributed by atoms with Gasteiger partial charge in [-0.1, -0.05) is 30.3 Å². The molecule has 1 N–H and O–H groups in total. The molecule has 0 saturated carbocycles. The standard InChI is InChI=1S/C17H14N2O2S/c20-16(21)11-14-17(13-6-8-18-9-7-13)19-15(22-14)10-12-4-2-1-3-5-12/h1-9H,10-11H2,(H,20,21). The van der Waals surface area contributed by atoms with Crippen LogP contribution in [0.3, 0.4) is 0 Å². The zero-order chi connectivity index (χ0) is 15.4. The first-order valence-corrected chi connectivity index (χ1v) is 7.69. The highest BCUT2D eigenvalue weighted by molar-refractivity contribution is 7.12. The number of carbonyl (C=O) groups is 1. The highest BCUT2D eigenvalue weighted by atomic mass is 32.1. The Morgan fingerprint density at radius 1 is 1.09 bits per heavy atom. The molecule has 3 rings (SSSR count). The van der Waals surface area contributed by atoms with Gasteiger partial charge >= 0.3 is 5.97 Å². The second kappa shape index (κ2) is 6.49. The van der Waals surface area contributed by atoms with Crippen molar-refractivity contribution in [1.82, 2.24) is 9.97 Å². The van der Waals surface area contributed by atoms with Crippen molar-refractivity contribution in [3.05, 3.63) is 70.3 Å². The van der Waals surface area contributed by atoms with Crippen molar-refractivity contribution in [3.63, 3.8) is 0 Å². The molecule has 2 heterocycles. The highest BCUT2D eigenvalue weighted by Gasteiger charge is 2.15. The summed E-state index contributed by atoms with van der Waals surface area (Å²) < 4.78 is 0. The van der Waals surface area contributed by atoms with E-state index < -0.39 is 5.97 Å². The number of thiazole rings is 1. The van der Waals surface area contributed by atoms with Gasteiger partial charge in [0.05, 0.1) is 17.1 Å². The Balaban J connectivity index is 1.96. The van der Waals surface area contributed by atoms with Gasteiger partial charge in [0.15, 0.2) is 0 Å². The number of pyridine rings is 1. The number of hydrogen-bond acceptors (Lipinski definition) is 4. The molecule has 0 aliphatic rings. The maximum atomic E-state index is 11.1. The van der Waals surface area contributed by atoms with Crippen LogP contribution < -0.4 is 0 Å². The second-order valence-electron chi connectivity index (χ2n) is 4.85. The molecule has 0 spiro atoms. The van der Waals surface area contributed by atoms with Crippen molar-refractivity contribution in [1.29, 1.82) is 0 Å². The van der Waals surface area contributed by atoms with Gasteiger partial charge in [0.1, 0.15) is 0 Å². The third-order valence-electron chi connectivity index (χ3n) is 3.21. The van der Waals surface area contributed by atoms with E-state index in [1.165, 1.54) is 16.9 Å². The number of benzene rings is 1. The van der Waals surface area contributed by atoms with Crippen LogP contribution in [0.25, 0.3) is 11.3 Å². The molecule has 0 aliphatic heterocycles. The third kappa shape index (κ3) is 3.38. The number of aromatic nitrogens is 2. The number of carboxylic acids is 1. The zero-order valence-corrected chi connectivity index (χ0v) is 12.6. The fourth-order valence-electron chi connectivity index (χ4n) is 2.24. The Labute approximate surface area is 132 Å². The third-order valence-corrected chi connectivity index (χ3v) is 4.26. The van der Waals surface area contributed by atoms with Gasteiger partial charge < -0.3 is 5.11 Å². The fraction of sp³-hybridized carbons (Fsp3) is 0.118. The summed E-state index contributed by atoms with van der Waals surface area (Å²) in [5.74, 6) is -0.842. The van der Waals surface area contributed by atoms with E-state index in [1.54, 1.807) is 12.4 Å². The summed E-state index contributed by atoms with van der Waals surface area (Å²) in [7, 11) is 0. The molecular weight excluding hydrogens is 296 g/mol. The van der Waals surface area contributed by atoms with Gasteiger partial charge in [-0.15, -0.1) is 11.3 Å². The molecule has 3 aromatic rings. The Hall–Kier alpha value is -2.53. The van der Waals surface area contributed by atoms with Crippen LogP contribution in [0.1, 0.15) is 15.4 Å². The molecule has 0 radical (unpaired) electrons. The molecule has 0 fully saturated rings. The molecule has 1 aromatic carbocycles. The normalized spacial score (nSPS) is 10.5. The maximum Gasteiger partial charge on any atom is 0.308 e. The van der Waals surface area contributed by atoms with Crippen LogP contribution in [0.5, 0.6) is 0 Å². The van der Waals surface area contributed by atoms with Crippen LogP contribution in [0.15, 0.2) is 54.9 Å². The molecule has 0 unspecified atom stereocenters. The van der Waals surface area contributed by atoms with Gasteiger partial charge in [-0.3, -0.25) is 9.78 Å². The summed E-state index contributed by atoms with van der Waals surface area (Å²) >= 11 is 1.47. The lowest BCUT2D eigenvalue weighted by Gasteiger charge is -1.99. The maximum absolute atomic E-state index is 11.1. The lowest BCUT2D eigenvalue weighted by molar-refractivity contribution is -0.136. The van der Waals surface area contributed by atoms with Crippen molar-refractivity contribution < 1.29 is 9.90 Å². The lowest BCUT2D eigenvalue weighted by Crippen LogP contribution is -1.99. The minimum absolute atomic E-state index is 0.00981. The van der Waals surface area contributed by atoms with Crippen LogP contribution in [0.2, 0.25) is 0 Å². The first kappa shape index (κ1) is 14.4. The average molecular weight is 310 g/mol. The first-order chi connectivity index (χ1) is 10.7. The van der Waals surface area contributed by atoms with E-state index in [1.807, 2.05) is 42.5 Å². The van der Waals surface area contributed by atoms with Gasteiger partial charge in [-0.25, -0.2) is 4.98 Å². The molecule has 0 bridgehead atoms. The number of hydrogen-bond donors (Lipinski definition) is 1. The van der Waals surface area contributed by atoms with Crippen molar-refractivity contribution >= 4 is 17.3 Å². The van der Waals surface area contributed by atoms with Crippen LogP contribution in [-0.2, 0) is 17.6 Å². The topological polar surface area (TPSA) is 63.1 Å². The van der Waals surface area contributed by atoms with Crippen molar-refractivity contribution in [2.75, 3.05) is 0 Å². The minimum atomic E-state index is -0.842. The summed E-state index contributed by atoms with van der Waals surface area (Å²) in [5, 5.41) is 10.0. The van der Waals surface area contributed by atoms with Gasteiger partial charge in [0.2, 0.25) is 0 Å². The van der Waals surface area contributed by atoms with Crippen molar-refractivity contribution in [3.8, 4) is 11.3 Å². The minimum Gasteiger partial charge on any atom is -0.481 e. The zero-order valence-electron chi connectivity index (χ0n) is 11.8. The van der Waals surface area contributed by atoms with Crippen molar-refractivity contribution in [2.45, 2.75) is 12.8 Å². The lowest BCUT2D eigenvalue weighted by atomic mass is 10.1. The van der Waals surface area contributed by atoms with E-state index >= 15 is 0 Å². The van der Waals surface area contributed by atoms with Crippen LogP contribution in [-0.4, -0.2) is 21.0 Å². The number of aliphatic carboxylic acids is 1. The molecular formula is C17H14N2O2S. The summed E-state index contributed by atoms with van der Waals surface area (Å²) in [4.78, 5) is 20.5. The molecule has 0 amide bonds. The Morgan fingerprint density at radius 3 is 2.50 bits per heavy atom. The van der Waals surface area contributed by atoms with Gasteiger partial charge in [0, 0.05) is 29.3 Å². The van der Waals surface area contributed by atoms with Gasteiger partial charge in [0.25, 0.3) is 0 Å². The van der Waals surface area contributed by atoms with E-state index in [2.05, 4.69) is 9.97 Å². The number of nitrogens with zero attached hydrogens (tertiary/aromatic N) is 2. The quantitative estimate of drug-likeness (QED) is 0.784. The predicted molar refractivity (Wildman–Crippen MR) is 85.9 cm³/mol. The second-order valence-corrected chi connectivity index (χ2v) is 6.02. The Kier molecular flexibility index (Phi) is 4.25. The molecule has 0 aliphatic carbocycles. The van der Waals surface area contributed by atoms with Crippen LogP contribution in [0.4, 0.5) is 0 Å². The molecule has 4 nitrogen and oxygen atoms in total. The Morgan fingerprint density at radius 2 is 1.82 bits per heavy atom. The van der Waals surface area contributed by atoms with Gasteiger partial charge in [-0.2, -0.15) is 0 Å². The van der Waals surface area contributed by atoms with Gasteiger partial charge in [-0.05, 0) is 17.7 Å². The van der Waals surface area contributed by atoms with Crippen molar-refractivity contribution in [2.24, 2.45) is 0 Å². The number of carboxylic acid groups (broad SMARTS) is 1. The van der Waals surface area contributed by atoms with E-state index in [-0.39, 0.29) is 6.42 Å². The molecule has 0 saturated heterocycles. The molecule has 5 heteroatoms. The van der Waals surface area contributed by atoms with E-state index in [4.69, 9.17) is 5.11 Å². The van der Waals surface area contributed by atoms with Crippen LogP contribution >= 0.6 is 11.3 Å². The summed E-state index contributed by atoms with van der Waals surface area (Å²) in [6.07, 6.45) is 4.08. The largest absolute Gasteiger partial charge is 0.481 e. The molecule has 110 valence electrons. The van der Waals surface area contributed by atoms with E-state index in [9.17, 15) is 4.79 Å². The average Bonchev–Trinajstić information content (AvgIpc) is 2.91. The van der Waals surface area contributed by atoms with E-state index in [0.717, 1.165) is 21.1 Å². The first-order valence-electron chi connectivity index (χ1n) is 6.87. The number of rotatable bonds is 5.